The molecule has 0 fully saturated rings. The van der Waals surface area contributed by atoms with Crippen LogP contribution in [0, 0.1) is 20.8 Å². The molecule has 0 spiro atoms. The lowest BCUT2D eigenvalue weighted by molar-refractivity contribution is -0.137. The number of anilines is 1. The summed E-state index contributed by atoms with van der Waals surface area (Å²) in [6.45, 7) is 6.11. The first-order valence-electron chi connectivity index (χ1n) is 10.1. The SMILES string of the molecule is Cc1cccc(NC2=C(c3ccc(C)c(C)c3)C(=O)N(Cc3ccccc3Cl)C2=O)c1. The van der Waals surface area contributed by atoms with Crippen LogP contribution in [0.5, 0.6) is 0 Å². The van der Waals surface area contributed by atoms with Gasteiger partial charge >= 0.3 is 0 Å². The van der Waals surface area contributed by atoms with E-state index in [1.165, 1.54) is 4.90 Å². The predicted octanol–water partition coefficient (Wildman–Crippen LogP) is 5.66. The summed E-state index contributed by atoms with van der Waals surface area (Å²) in [6, 6.07) is 20.8. The summed E-state index contributed by atoms with van der Waals surface area (Å²) >= 11 is 6.29. The van der Waals surface area contributed by atoms with E-state index in [4.69, 9.17) is 11.6 Å². The van der Waals surface area contributed by atoms with Gasteiger partial charge in [0.05, 0.1) is 12.1 Å². The Morgan fingerprint density at radius 1 is 0.839 bits per heavy atom. The van der Waals surface area contributed by atoms with Crippen molar-refractivity contribution in [1.29, 1.82) is 0 Å². The van der Waals surface area contributed by atoms with Gasteiger partial charge in [-0.3, -0.25) is 14.5 Å². The highest BCUT2D eigenvalue weighted by atomic mass is 35.5. The Hall–Kier alpha value is -3.37. The average Bonchev–Trinajstić information content (AvgIpc) is 2.96. The van der Waals surface area contributed by atoms with Crippen LogP contribution in [0.2, 0.25) is 5.02 Å². The first-order valence-corrected chi connectivity index (χ1v) is 10.5. The van der Waals surface area contributed by atoms with Crippen LogP contribution in [-0.2, 0) is 16.1 Å². The van der Waals surface area contributed by atoms with E-state index in [-0.39, 0.29) is 24.1 Å². The van der Waals surface area contributed by atoms with Crippen molar-refractivity contribution >= 4 is 34.7 Å². The molecule has 2 amide bonds. The normalized spacial score (nSPS) is 13.9. The number of rotatable bonds is 5. The minimum atomic E-state index is -0.361. The lowest BCUT2D eigenvalue weighted by Gasteiger charge is -2.16. The monoisotopic (exact) mass is 430 g/mol. The molecule has 4 nitrogen and oxygen atoms in total. The third-order valence-corrected chi connectivity index (χ3v) is 5.91. The molecule has 0 unspecified atom stereocenters. The van der Waals surface area contributed by atoms with Crippen molar-refractivity contribution in [3.05, 3.63) is 105 Å². The van der Waals surface area contributed by atoms with Gasteiger partial charge in [-0.05, 0) is 66.8 Å². The first kappa shape index (κ1) is 20.9. The van der Waals surface area contributed by atoms with Crippen molar-refractivity contribution in [2.45, 2.75) is 27.3 Å². The van der Waals surface area contributed by atoms with Crippen LogP contribution in [0.1, 0.15) is 27.8 Å². The minimum Gasteiger partial charge on any atom is -0.350 e. The van der Waals surface area contributed by atoms with Gasteiger partial charge in [-0.25, -0.2) is 0 Å². The zero-order chi connectivity index (χ0) is 22.1. The van der Waals surface area contributed by atoms with Crippen molar-refractivity contribution in [2.24, 2.45) is 0 Å². The summed E-state index contributed by atoms with van der Waals surface area (Å²) in [5.74, 6) is -0.692. The molecule has 0 atom stereocenters. The van der Waals surface area contributed by atoms with Crippen molar-refractivity contribution in [3.8, 4) is 0 Å². The molecule has 0 saturated carbocycles. The molecule has 4 rings (SSSR count). The Bertz CT molecular complexity index is 1230. The summed E-state index contributed by atoms with van der Waals surface area (Å²) in [5, 5.41) is 3.73. The van der Waals surface area contributed by atoms with Crippen molar-refractivity contribution in [3.63, 3.8) is 0 Å². The maximum Gasteiger partial charge on any atom is 0.278 e. The van der Waals surface area contributed by atoms with Gasteiger partial charge < -0.3 is 5.32 Å². The van der Waals surface area contributed by atoms with Crippen LogP contribution in [0.25, 0.3) is 5.57 Å². The Kier molecular flexibility index (Phi) is 5.66. The van der Waals surface area contributed by atoms with Gasteiger partial charge in [-0.1, -0.05) is 60.1 Å². The number of carbonyl (C=O) groups excluding carboxylic acids is 2. The molecule has 0 radical (unpaired) electrons. The fraction of sp³-hybridized carbons (Fsp3) is 0.154. The molecule has 31 heavy (non-hydrogen) atoms. The van der Waals surface area contributed by atoms with Crippen molar-refractivity contribution < 1.29 is 9.59 Å². The van der Waals surface area contributed by atoms with Gasteiger partial charge in [0.25, 0.3) is 11.8 Å². The quantitative estimate of drug-likeness (QED) is 0.531. The number of carbonyl (C=O) groups is 2. The van der Waals surface area contributed by atoms with E-state index < -0.39 is 0 Å². The Labute approximate surface area is 187 Å². The molecule has 156 valence electrons. The topological polar surface area (TPSA) is 49.4 Å². The number of nitrogens with one attached hydrogen (secondary N) is 1. The van der Waals surface area contributed by atoms with E-state index in [0.29, 0.717) is 10.6 Å². The van der Waals surface area contributed by atoms with E-state index in [1.807, 2.05) is 81.4 Å². The number of hydrogen-bond donors (Lipinski definition) is 1. The Morgan fingerprint density at radius 3 is 2.32 bits per heavy atom. The van der Waals surface area contributed by atoms with Gasteiger partial charge in [0, 0.05) is 10.7 Å². The van der Waals surface area contributed by atoms with E-state index in [9.17, 15) is 9.59 Å². The predicted molar refractivity (Wildman–Crippen MR) is 125 cm³/mol. The first-order chi connectivity index (χ1) is 14.8. The molecular weight excluding hydrogens is 408 g/mol. The molecule has 1 heterocycles. The summed E-state index contributed by atoms with van der Waals surface area (Å²) in [4.78, 5) is 28.1. The second kappa shape index (κ2) is 8.40. The highest BCUT2D eigenvalue weighted by Gasteiger charge is 2.39. The molecule has 0 bridgehead atoms. The second-order valence-electron chi connectivity index (χ2n) is 7.83. The lowest BCUT2D eigenvalue weighted by Crippen LogP contribution is -2.32. The largest absolute Gasteiger partial charge is 0.350 e. The number of hydrogen-bond acceptors (Lipinski definition) is 3. The van der Waals surface area contributed by atoms with E-state index in [0.717, 1.165) is 33.5 Å². The van der Waals surface area contributed by atoms with Crippen LogP contribution in [0.3, 0.4) is 0 Å². The number of benzene rings is 3. The zero-order valence-electron chi connectivity index (χ0n) is 17.7. The summed E-state index contributed by atoms with van der Waals surface area (Å²) < 4.78 is 0. The van der Waals surface area contributed by atoms with E-state index in [1.54, 1.807) is 6.07 Å². The maximum absolute atomic E-state index is 13.5. The van der Waals surface area contributed by atoms with Crippen molar-refractivity contribution in [2.75, 3.05) is 5.32 Å². The number of halogens is 1. The molecule has 0 aromatic heterocycles. The molecule has 3 aromatic carbocycles. The lowest BCUT2D eigenvalue weighted by atomic mass is 9.99. The van der Waals surface area contributed by atoms with Crippen LogP contribution in [-0.4, -0.2) is 16.7 Å². The summed E-state index contributed by atoms with van der Waals surface area (Å²) in [6.07, 6.45) is 0. The van der Waals surface area contributed by atoms with E-state index >= 15 is 0 Å². The fourth-order valence-electron chi connectivity index (χ4n) is 3.66. The number of imide groups is 1. The average molecular weight is 431 g/mol. The fourth-order valence-corrected chi connectivity index (χ4v) is 3.86. The molecule has 3 aromatic rings. The molecule has 1 aliphatic rings. The van der Waals surface area contributed by atoms with Crippen molar-refractivity contribution in [1.82, 2.24) is 4.90 Å². The van der Waals surface area contributed by atoms with Gasteiger partial charge in [0.1, 0.15) is 5.70 Å². The van der Waals surface area contributed by atoms with Crippen LogP contribution in [0.4, 0.5) is 5.69 Å². The van der Waals surface area contributed by atoms with Gasteiger partial charge in [0.2, 0.25) is 0 Å². The van der Waals surface area contributed by atoms with Crippen LogP contribution < -0.4 is 5.32 Å². The standard InChI is InChI=1S/C26H23ClN2O2/c1-16-7-6-9-21(13-16)28-24-23(19-12-11-17(2)18(3)14-19)25(30)29(26(24)31)15-20-8-4-5-10-22(20)27/h4-14,28H,15H2,1-3H3. The summed E-state index contributed by atoms with van der Waals surface area (Å²) in [5.41, 5.74) is 6.11. The Morgan fingerprint density at radius 2 is 1.61 bits per heavy atom. The molecule has 0 aliphatic carbocycles. The Balaban J connectivity index is 1.78. The molecular formula is C26H23ClN2O2. The zero-order valence-corrected chi connectivity index (χ0v) is 18.5. The van der Waals surface area contributed by atoms with Gasteiger partial charge in [-0.2, -0.15) is 0 Å². The minimum absolute atomic E-state index is 0.116. The third kappa shape index (κ3) is 4.12. The second-order valence-corrected chi connectivity index (χ2v) is 8.24. The molecule has 5 heteroatoms. The van der Waals surface area contributed by atoms with E-state index in [2.05, 4.69) is 5.32 Å². The third-order valence-electron chi connectivity index (χ3n) is 5.54. The van der Waals surface area contributed by atoms with Gasteiger partial charge in [0.15, 0.2) is 0 Å². The molecule has 1 aliphatic heterocycles. The number of aryl methyl sites for hydroxylation is 3. The van der Waals surface area contributed by atoms with Gasteiger partial charge in [-0.15, -0.1) is 0 Å². The maximum atomic E-state index is 13.5. The summed E-state index contributed by atoms with van der Waals surface area (Å²) in [7, 11) is 0. The highest BCUT2D eigenvalue weighted by Crippen LogP contribution is 2.33. The highest BCUT2D eigenvalue weighted by molar-refractivity contribution is 6.36. The van der Waals surface area contributed by atoms with Crippen LogP contribution >= 0.6 is 11.6 Å². The van der Waals surface area contributed by atoms with Crippen LogP contribution in [0.15, 0.2) is 72.4 Å². The smallest absolute Gasteiger partial charge is 0.278 e. The molecule has 0 saturated heterocycles. The number of nitrogens with zero attached hydrogens (tertiary/aromatic N) is 1. The number of amides is 2. The molecule has 1 N–H and O–H groups in total.